The van der Waals surface area contributed by atoms with Gasteiger partial charge in [0.25, 0.3) is 0 Å². The molecule has 1 N–H and O–H groups in total. The summed E-state index contributed by atoms with van der Waals surface area (Å²) in [6.45, 7) is 2.55. The predicted octanol–water partition coefficient (Wildman–Crippen LogP) is 3.19. The van der Waals surface area contributed by atoms with Crippen LogP contribution in [0.25, 0.3) is 0 Å². The highest BCUT2D eigenvalue weighted by molar-refractivity contribution is 5.87. The first-order valence-electron chi connectivity index (χ1n) is 8.48. The zero-order chi connectivity index (χ0) is 18.6. The Morgan fingerprint density at radius 1 is 1.27 bits per heavy atom. The second kappa shape index (κ2) is 7.85. The molecule has 26 heavy (non-hydrogen) atoms. The monoisotopic (exact) mass is 359 g/mol. The van der Waals surface area contributed by atoms with Crippen molar-refractivity contribution in [3.8, 4) is 5.75 Å². The molecule has 2 aromatic rings. The van der Waals surface area contributed by atoms with Gasteiger partial charge in [-0.05, 0) is 48.4 Å². The van der Waals surface area contributed by atoms with Crippen LogP contribution in [0.15, 0.2) is 48.5 Å². The van der Waals surface area contributed by atoms with Crippen molar-refractivity contribution in [2.24, 2.45) is 0 Å². The lowest BCUT2D eigenvalue weighted by molar-refractivity contribution is -0.0359. The largest absolute Gasteiger partial charge is 0.491 e. The van der Waals surface area contributed by atoms with Crippen LogP contribution in [0.1, 0.15) is 22.3 Å². The zero-order valence-electron chi connectivity index (χ0n) is 14.7. The van der Waals surface area contributed by atoms with Crippen molar-refractivity contribution in [3.05, 3.63) is 65.5 Å². The lowest BCUT2D eigenvalue weighted by Gasteiger charge is -2.28. The van der Waals surface area contributed by atoms with Crippen molar-refractivity contribution < 1.29 is 23.8 Å². The number of likely N-dealkylation sites (tertiary alicyclic amines) is 1. The van der Waals surface area contributed by atoms with E-state index >= 15 is 0 Å². The van der Waals surface area contributed by atoms with Gasteiger partial charge >= 0.3 is 5.97 Å². The highest BCUT2D eigenvalue weighted by Gasteiger charge is 2.39. The van der Waals surface area contributed by atoms with E-state index in [1.165, 1.54) is 12.1 Å². The molecule has 1 heterocycles. The Morgan fingerprint density at radius 2 is 2.04 bits per heavy atom. The van der Waals surface area contributed by atoms with Crippen molar-refractivity contribution in [2.75, 3.05) is 26.8 Å². The number of benzene rings is 2. The molecule has 5 nitrogen and oxygen atoms in total. The molecule has 3 rings (SSSR count). The number of carboxylic acids is 1. The Bertz CT molecular complexity index is 765. The number of carboxylic acid groups (broad SMARTS) is 1. The highest BCUT2D eigenvalue weighted by Crippen LogP contribution is 2.27. The number of rotatable bonds is 7. The molecular weight excluding hydrogens is 337 g/mol. The first-order valence-corrected chi connectivity index (χ1v) is 8.48. The summed E-state index contributed by atoms with van der Waals surface area (Å²) in [6.07, 6.45) is 0.809. The number of ether oxygens (including phenoxy) is 2. The minimum absolute atomic E-state index is 0.291. The molecule has 0 spiro atoms. The number of methoxy groups -OCH3 is 1. The molecule has 0 aromatic heterocycles. The SMILES string of the molecule is CO[C@]1(COc2ccc(F)cc2)CCN(Cc2cccc(C(=O)O)c2)C1. The van der Waals surface area contributed by atoms with Gasteiger partial charge in [-0.2, -0.15) is 0 Å². The van der Waals surface area contributed by atoms with Crippen LogP contribution >= 0.6 is 0 Å². The number of hydrogen-bond acceptors (Lipinski definition) is 4. The van der Waals surface area contributed by atoms with Gasteiger partial charge < -0.3 is 14.6 Å². The van der Waals surface area contributed by atoms with Crippen molar-refractivity contribution in [1.29, 1.82) is 0 Å². The molecule has 0 radical (unpaired) electrons. The van der Waals surface area contributed by atoms with Crippen LogP contribution in [0, 0.1) is 5.82 Å². The summed E-state index contributed by atoms with van der Waals surface area (Å²) in [5.74, 6) is -0.614. The molecule has 1 atom stereocenters. The number of halogens is 1. The molecule has 6 heteroatoms. The molecule has 1 saturated heterocycles. The van der Waals surface area contributed by atoms with Crippen LogP contribution in [0.5, 0.6) is 5.75 Å². The Labute approximate surface area is 152 Å². The Hall–Kier alpha value is -2.44. The summed E-state index contributed by atoms with van der Waals surface area (Å²) in [5.41, 5.74) is 0.814. The van der Waals surface area contributed by atoms with Gasteiger partial charge in [-0.15, -0.1) is 0 Å². The van der Waals surface area contributed by atoms with Crippen LogP contribution in [0.4, 0.5) is 4.39 Å². The topological polar surface area (TPSA) is 59.0 Å². The van der Waals surface area contributed by atoms with Gasteiger partial charge in [0.2, 0.25) is 0 Å². The average Bonchev–Trinajstić information content (AvgIpc) is 3.05. The molecule has 1 aliphatic heterocycles. The van der Waals surface area contributed by atoms with E-state index < -0.39 is 11.6 Å². The van der Waals surface area contributed by atoms with Crippen LogP contribution in [0.3, 0.4) is 0 Å². The van der Waals surface area contributed by atoms with Gasteiger partial charge in [0, 0.05) is 26.7 Å². The number of nitrogens with zero attached hydrogens (tertiary/aromatic N) is 1. The minimum Gasteiger partial charge on any atom is -0.491 e. The normalized spacial score (nSPS) is 20.2. The number of hydrogen-bond donors (Lipinski definition) is 1. The quantitative estimate of drug-likeness (QED) is 0.823. The van der Waals surface area contributed by atoms with Gasteiger partial charge in [0.1, 0.15) is 23.8 Å². The molecule has 1 fully saturated rings. The molecule has 2 aromatic carbocycles. The van der Waals surface area contributed by atoms with Crippen molar-refractivity contribution in [1.82, 2.24) is 4.90 Å². The zero-order valence-corrected chi connectivity index (χ0v) is 14.7. The van der Waals surface area contributed by atoms with E-state index in [1.54, 1.807) is 37.4 Å². The van der Waals surface area contributed by atoms with E-state index in [1.807, 2.05) is 6.07 Å². The predicted molar refractivity (Wildman–Crippen MR) is 94.9 cm³/mol. The van der Waals surface area contributed by atoms with E-state index in [4.69, 9.17) is 14.6 Å². The third-order valence-corrected chi connectivity index (χ3v) is 4.72. The summed E-state index contributed by atoms with van der Waals surface area (Å²) in [7, 11) is 1.67. The summed E-state index contributed by atoms with van der Waals surface area (Å²) >= 11 is 0. The number of carbonyl (C=O) groups is 1. The lowest BCUT2D eigenvalue weighted by Crippen LogP contribution is -2.41. The van der Waals surface area contributed by atoms with Crippen LogP contribution in [0.2, 0.25) is 0 Å². The molecule has 0 amide bonds. The van der Waals surface area contributed by atoms with E-state index in [2.05, 4.69) is 4.90 Å². The Kier molecular flexibility index (Phi) is 5.54. The molecule has 0 aliphatic carbocycles. The van der Waals surface area contributed by atoms with Gasteiger partial charge in [0.05, 0.1) is 5.56 Å². The van der Waals surface area contributed by atoms with Gasteiger partial charge in [-0.25, -0.2) is 9.18 Å². The summed E-state index contributed by atoms with van der Waals surface area (Å²) < 4.78 is 24.5. The van der Waals surface area contributed by atoms with Gasteiger partial charge in [-0.3, -0.25) is 4.90 Å². The third kappa shape index (κ3) is 4.39. The van der Waals surface area contributed by atoms with Crippen LogP contribution < -0.4 is 4.74 Å². The first-order chi connectivity index (χ1) is 12.5. The molecule has 0 saturated carbocycles. The van der Waals surface area contributed by atoms with E-state index in [-0.39, 0.29) is 5.82 Å². The van der Waals surface area contributed by atoms with Crippen molar-refractivity contribution in [3.63, 3.8) is 0 Å². The molecule has 0 bridgehead atoms. The fraction of sp³-hybridized carbons (Fsp3) is 0.350. The number of aromatic carboxylic acids is 1. The maximum absolute atomic E-state index is 13.0. The fourth-order valence-corrected chi connectivity index (χ4v) is 3.21. The lowest BCUT2D eigenvalue weighted by atomic mass is 10.0. The maximum Gasteiger partial charge on any atom is 0.335 e. The molecule has 1 aliphatic rings. The molecule has 138 valence electrons. The van der Waals surface area contributed by atoms with Crippen LogP contribution in [-0.4, -0.2) is 48.4 Å². The second-order valence-electron chi connectivity index (χ2n) is 6.60. The van der Waals surface area contributed by atoms with Crippen molar-refractivity contribution >= 4 is 5.97 Å². The Balaban J connectivity index is 1.60. The van der Waals surface area contributed by atoms with Crippen LogP contribution in [-0.2, 0) is 11.3 Å². The Morgan fingerprint density at radius 3 is 2.73 bits per heavy atom. The summed E-state index contributed by atoms with van der Waals surface area (Å²) in [4.78, 5) is 13.3. The molecular formula is C20H22FNO4. The van der Waals surface area contributed by atoms with Crippen molar-refractivity contribution in [2.45, 2.75) is 18.6 Å². The summed E-state index contributed by atoms with van der Waals surface area (Å²) in [5, 5.41) is 9.11. The maximum atomic E-state index is 13.0. The standard InChI is InChI=1S/C20H22FNO4/c1-25-20(14-26-18-7-5-17(21)6-8-18)9-10-22(13-20)12-15-3-2-4-16(11-15)19(23)24/h2-8,11H,9-10,12-14H2,1H3,(H,23,24)/t20-/m1/s1. The molecule has 0 unspecified atom stereocenters. The van der Waals surface area contributed by atoms with E-state index in [9.17, 15) is 9.18 Å². The third-order valence-electron chi connectivity index (χ3n) is 4.72. The summed E-state index contributed by atoms with van der Waals surface area (Å²) in [6, 6.07) is 12.9. The average molecular weight is 359 g/mol. The second-order valence-corrected chi connectivity index (χ2v) is 6.60. The highest BCUT2D eigenvalue weighted by atomic mass is 19.1. The minimum atomic E-state index is -0.924. The fourth-order valence-electron chi connectivity index (χ4n) is 3.21. The van der Waals surface area contributed by atoms with Gasteiger partial charge in [-0.1, -0.05) is 12.1 Å². The first kappa shape index (κ1) is 18.4. The van der Waals surface area contributed by atoms with Gasteiger partial charge in [0.15, 0.2) is 0 Å². The van der Waals surface area contributed by atoms with E-state index in [0.29, 0.717) is 31.0 Å². The smallest absolute Gasteiger partial charge is 0.335 e. The van der Waals surface area contributed by atoms with E-state index in [0.717, 1.165) is 18.5 Å².